The molecule has 2 aliphatic heterocycles. The van der Waals surface area contributed by atoms with Gasteiger partial charge in [-0.15, -0.1) is 11.3 Å². The number of benzene rings is 2. The van der Waals surface area contributed by atoms with Crippen LogP contribution in [0.4, 0.5) is 0 Å². The molecule has 0 spiro atoms. The molecule has 0 radical (unpaired) electrons. The Labute approximate surface area is 199 Å². The first-order valence-corrected chi connectivity index (χ1v) is 11.2. The van der Waals surface area contributed by atoms with E-state index in [0.717, 1.165) is 37.9 Å². The molecule has 0 aliphatic carbocycles. The van der Waals surface area contributed by atoms with E-state index in [1.165, 1.54) is 44.8 Å². The maximum atomic E-state index is 3.45. The average molecular weight is 473 g/mol. The highest BCUT2D eigenvalue weighted by molar-refractivity contribution is 7.18. The SMILES string of the molecule is [Cl-].[Cl-].c1cc(-c2ccc(-c3ccc(C4=[NH+]CCCN4)cc3)s2)ccc1C1=[NH+]CCCN1. The molecule has 2 aromatic carbocycles. The number of thiophene rings is 1. The Balaban J connectivity index is 0.00000136. The van der Waals surface area contributed by atoms with E-state index >= 15 is 0 Å². The summed E-state index contributed by atoms with van der Waals surface area (Å²) in [5.41, 5.74) is 4.99. The summed E-state index contributed by atoms with van der Waals surface area (Å²) < 4.78 is 0. The van der Waals surface area contributed by atoms with E-state index < -0.39 is 0 Å². The summed E-state index contributed by atoms with van der Waals surface area (Å²) in [5.74, 6) is 2.30. The molecular formula is C24H26Cl2N4S. The number of rotatable bonds is 4. The van der Waals surface area contributed by atoms with Crippen LogP contribution in [-0.4, -0.2) is 37.9 Å². The first-order chi connectivity index (χ1) is 14.4. The summed E-state index contributed by atoms with van der Waals surface area (Å²) in [5, 5.41) is 6.89. The summed E-state index contributed by atoms with van der Waals surface area (Å²) in [7, 11) is 0. The fraction of sp³-hybridized carbons (Fsp3) is 0.250. The van der Waals surface area contributed by atoms with Crippen LogP contribution in [0.15, 0.2) is 60.7 Å². The molecule has 0 fully saturated rings. The lowest BCUT2D eigenvalue weighted by Crippen LogP contribution is -3.00. The zero-order valence-electron chi connectivity index (χ0n) is 17.2. The van der Waals surface area contributed by atoms with Crippen LogP contribution in [0.3, 0.4) is 0 Å². The van der Waals surface area contributed by atoms with Crippen molar-refractivity contribution in [2.75, 3.05) is 26.2 Å². The number of hydrogen-bond acceptors (Lipinski definition) is 3. The van der Waals surface area contributed by atoms with Crippen LogP contribution in [-0.2, 0) is 0 Å². The van der Waals surface area contributed by atoms with E-state index in [1.54, 1.807) is 0 Å². The van der Waals surface area contributed by atoms with Gasteiger partial charge in [-0.2, -0.15) is 0 Å². The van der Waals surface area contributed by atoms with Crippen molar-refractivity contribution in [1.82, 2.24) is 10.6 Å². The van der Waals surface area contributed by atoms with Gasteiger partial charge in [0, 0.05) is 22.6 Å². The average Bonchev–Trinajstić information content (AvgIpc) is 3.31. The summed E-state index contributed by atoms with van der Waals surface area (Å²) >= 11 is 1.85. The van der Waals surface area contributed by atoms with E-state index in [0.29, 0.717) is 0 Å². The van der Waals surface area contributed by atoms with Crippen molar-refractivity contribution in [3.05, 3.63) is 71.8 Å². The van der Waals surface area contributed by atoms with Crippen LogP contribution in [0.1, 0.15) is 24.0 Å². The van der Waals surface area contributed by atoms with Crippen molar-refractivity contribution >= 4 is 23.0 Å². The topological polar surface area (TPSA) is 52.0 Å². The van der Waals surface area contributed by atoms with Crippen LogP contribution in [0.2, 0.25) is 0 Å². The van der Waals surface area contributed by atoms with Crippen LogP contribution in [0.25, 0.3) is 20.9 Å². The monoisotopic (exact) mass is 472 g/mol. The Morgan fingerprint density at radius 2 is 0.935 bits per heavy atom. The Hall–Kier alpha value is -2.34. The number of hydrogen-bond donors (Lipinski definition) is 4. The molecule has 3 aromatic rings. The standard InChI is InChI=1S/C24H24N4S.2ClH/c1-13-25-23(26-14-1)19-7-3-17(4-8-19)21-11-12-22(29-21)18-5-9-20(10-6-18)24-27-15-2-16-28-24;;/h3-12H,1-2,13-16H2,(H,25,26)(H,27,28);2*1H. The fourth-order valence-corrected chi connectivity index (χ4v) is 4.83. The minimum Gasteiger partial charge on any atom is -1.00 e. The second-order valence-electron chi connectivity index (χ2n) is 7.48. The summed E-state index contributed by atoms with van der Waals surface area (Å²) in [6.07, 6.45) is 2.35. The lowest BCUT2D eigenvalue weighted by molar-refractivity contribution is -0.463. The van der Waals surface area contributed by atoms with Gasteiger partial charge in [0.05, 0.1) is 37.3 Å². The van der Waals surface area contributed by atoms with Gasteiger partial charge in [0.15, 0.2) is 0 Å². The molecule has 1 aromatic heterocycles. The Kier molecular flexibility index (Phi) is 8.13. The van der Waals surface area contributed by atoms with E-state index in [-0.39, 0.29) is 24.8 Å². The van der Waals surface area contributed by atoms with Gasteiger partial charge in [0.25, 0.3) is 11.7 Å². The fourth-order valence-electron chi connectivity index (χ4n) is 3.81. The predicted octanol–water partition coefficient (Wildman–Crippen LogP) is -5.27. The van der Waals surface area contributed by atoms with Crippen LogP contribution >= 0.6 is 11.3 Å². The third-order valence-electron chi connectivity index (χ3n) is 5.44. The normalized spacial score (nSPS) is 15.4. The van der Waals surface area contributed by atoms with Gasteiger partial charge < -0.3 is 24.8 Å². The molecule has 3 heterocycles. The van der Waals surface area contributed by atoms with Crippen molar-refractivity contribution in [2.24, 2.45) is 0 Å². The predicted molar refractivity (Wildman–Crippen MR) is 120 cm³/mol. The van der Waals surface area contributed by atoms with E-state index in [9.17, 15) is 0 Å². The summed E-state index contributed by atoms with van der Waals surface area (Å²) in [6, 6.07) is 22.1. The highest BCUT2D eigenvalue weighted by atomic mass is 35.5. The molecule has 2 aliphatic rings. The number of nitrogens with one attached hydrogen (secondary N) is 4. The number of amidine groups is 2. The molecule has 0 saturated heterocycles. The molecule has 0 unspecified atom stereocenters. The van der Waals surface area contributed by atoms with Gasteiger partial charge in [-0.3, -0.25) is 20.6 Å². The molecule has 5 rings (SSSR count). The largest absolute Gasteiger partial charge is 1.00 e. The first-order valence-electron chi connectivity index (χ1n) is 10.4. The van der Waals surface area contributed by atoms with Gasteiger partial charge in [-0.1, -0.05) is 24.3 Å². The van der Waals surface area contributed by atoms with Crippen molar-refractivity contribution < 1.29 is 34.8 Å². The van der Waals surface area contributed by atoms with Gasteiger partial charge in [0.1, 0.15) is 0 Å². The van der Waals surface area contributed by atoms with Gasteiger partial charge in [-0.05, 0) is 47.5 Å². The molecule has 0 atom stereocenters. The Bertz CT molecular complexity index is 972. The second kappa shape index (κ2) is 10.8. The minimum absolute atomic E-state index is 0. The van der Waals surface area contributed by atoms with E-state index in [4.69, 9.17) is 0 Å². The molecule has 162 valence electrons. The van der Waals surface area contributed by atoms with Crippen LogP contribution in [0, 0.1) is 0 Å². The van der Waals surface area contributed by atoms with Crippen molar-refractivity contribution in [2.45, 2.75) is 12.8 Å². The maximum absolute atomic E-state index is 3.45. The molecule has 0 amide bonds. The zero-order valence-corrected chi connectivity index (χ0v) is 19.5. The molecular weight excluding hydrogens is 447 g/mol. The van der Waals surface area contributed by atoms with E-state index in [1.807, 2.05) is 11.3 Å². The highest BCUT2D eigenvalue weighted by Gasteiger charge is 2.15. The molecule has 0 saturated carbocycles. The van der Waals surface area contributed by atoms with Gasteiger partial charge in [-0.25, -0.2) is 0 Å². The summed E-state index contributed by atoms with van der Waals surface area (Å²) in [6.45, 7) is 4.18. The third kappa shape index (κ3) is 5.29. The zero-order chi connectivity index (χ0) is 19.5. The molecule has 0 bridgehead atoms. The Morgan fingerprint density at radius 1 is 0.548 bits per heavy atom. The van der Waals surface area contributed by atoms with E-state index in [2.05, 4.69) is 81.3 Å². The second-order valence-corrected chi connectivity index (χ2v) is 8.57. The maximum Gasteiger partial charge on any atom is 0.274 e. The van der Waals surface area contributed by atoms with Crippen molar-refractivity contribution in [3.8, 4) is 20.9 Å². The Morgan fingerprint density at radius 3 is 1.29 bits per heavy atom. The molecule has 4 N–H and O–H groups in total. The lowest BCUT2D eigenvalue weighted by atomic mass is 10.1. The van der Waals surface area contributed by atoms with Crippen molar-refractivity contribution in [3.63, 3.8) is 0 Å². The van der Waals surface area contributed by atoms with Gasteiger partial charge >= 0.3 is 0 Å². The highest BCUT2D eigenvalue weighted by Crippen LogP contribution is 2.34. The molecule has 7 heteroatoms. The number of halogens is 2. The smallest absolute Gasteiger partial charge is 0.274 e. The quantitative estimate of drug-likeness (QED) is 0.306. The molecule has 31 heavy (non-hydrogen) atoms. The van der Waals surface area contributed by atoms with Crippen LogP contribution < -0.4 is 45.4 Å². The molecule has 4 nitrogen and oxygen atoms in total. The van der Waals surface area contributed by atoms with Crippen LogP contribution in [0.5, 0.6) is 0 Å². The summed E-state index contributed by atoms with van der Waals surface area (Å²) in [4.78, 5) is 9.49. The third-order valence-corrected chi connectivity index (χ3v) is 6.62. The minimum atomic E-state index is 0. The first kappa shape index (κ1) is 23.3. The van der Waals surface area contributed by atoms with Crippen molar-refractivity contribution in [1.29, 1.82) is 0 Å². The van der Waals surface area contributed by atoms with Gasteiger partial charge in [0.2, 0.25) is 0 Å². The lowest BCUT2D eigenvalue weighted by Gasteiger charge is -2.08.